The summed E-state index contributed by atoms with van der Waals surface area (Å²) in [5.74, 6) is 0.111. The van der Waals surface area contributed by atoms with Gasteiger partial charge in [0.15, 0.2) is 0 Å². The van der Waals surface area contributed by atoms with E-state index in [1.54, 1.807) is 0 Å². The maximum Gasteiger partial charge on any atom is 0.407 e. The highest BCUT2D eigenvalue weighted by Crippen LogP contribution is 2.49. The molecule has 2 aliphatic heterocycles. The number of rotatable bonds is 7. The van der Waals surface area contributed by atoms with Crippen molar-refractivity contribution in [3.05, 3.63) is 71.4 Å². The first kappa shape index (κ1) is 25.9. The third-order valence-electron chi connectivity index (χ3n) is 8.99. The van der Waals surface area contributed by atoms with Gasteiger partial charge in [-0.25, -0.2) is 4.79 Å². The molecule has 39 heavy (non-hydrogen) atoms. The Morgan fingerprint density at radius 2 is 1.82 bits per heavy atom. The lowest BCUT2D eigenvalue weighted by molar-refractivity contribution is -0.139. The zero-order chi connectivity index (χ0) is 26.8. The number of aromatic nitrogens is 1. The molecule has 206 valence electrons. The molecule has 0 bridgehead atoms. The summed E-state index contributed by atoms with van der Waals surface area (Å²) in [5, 5.41) is 18.1. The van der Waals surface area contributed by atoms with Crippen molar-refractivity contribution >= 4 is 22.9 Å². The number of nitrogens with zero attached hydrogens (tertiary/aromatic N) is 1. The summed E-state index contributed by atoms with van der Waals surface area (Å²) in [5.41, 5.74) is 4.83. The Hall–Kier alpha value is -3.36. The summed E-state index contributed by atoms with van der Waals surface area (Å²) in [6.45, 7) is 3.11. The van der Waals surface area contributed by atoms with Crippen molar-refractivity contribution in [1.29, 1.82) is 0 Å². The minimum atomic E-state index is -0.616. The molecule has 2 amide bonds. The van der Waals surface area contributed by atoms with Crippen LogP contribution in [-0.2, 0) is 22.6 Å². The Morgan fingerprint density at radius 1 is 1.03 bits per heavy atom. The molecule has 3 aliphatic rings. The van der Waals surface area contributed by atoms with Gasteiger partial charge in [-0.2, -0.15) is 0 Å². The molecule has 3 heterocycles. The molecule has 6 rings (SSSR count). The SMILES string of the molecule is O=C(NCCCNC(=O)[C@@H]1C2C[C@H]3c4[nH]c5ccccc5c4CCN3C[C@@H]2CC[C@@H]1O)OCc1ccccc1. The van der Waals surface area contributed by atoms with Crippen LogP contribution in [0, 0.1) is 17.8 Å². The number of carbonyl (C=O) groups excluding carboxylic acids is 2. The highest BCUT2D eigenvalue weighted by molar-refractivity contribution is 5.85. The molecule has 1 saturated heterocycles. The van der Waals surface area contributed by atoms with Gasteiger partial charge in [0.25, 0.3) is 0 Å². The summed E-state index contributed by atoms with van der Waals surface area (Å²) in [7, 11) is 0. The number of H-pyrrole nitrogens is 1. The van der Waals surface area contributed by atoms with Crippen LogP contribution >= 0.6 is 0 Å². The van der Waals surface area contributed by atoms with E-state index in [2.05, 4.69) is 44.8 Å². The number of nitrogens with one attached hydrogen (secondary N) is 3. The highest BCUT2D eigenvalue weighted by Gasteiger charge is 2.49. The van der Waals surface area contributed by atoms with E-state index in [4.69, 9.17) is 4.74 Å². The van der Waals surface area contributed by atoms with Crippen LogP contribution in [0.5, 0.6) is 0 Å². The largest absolute Gasteiger partial charge is 0.445 e. The number of aromatic amines is 1. The summed E-state index contributed by atoms with van der Waals surface area (Å²) in [6.07, 6.45) is 3.08. The fourth-order valence-electron chi connectivity index (χ4n) is 7.09. The second-order valence-electron chi connectivity index (χ2n) is 11.3. The number of aliphatic hydroxyl groups is 1. The van der Waals surface area contributed by atoms with Gasteiger partial charge in [-0.15, -0.1) is 0 Å². The van der Waals surface area contributed by atoms with Crippen LogP contribution in [0.1, 0.15) is 48.5 Å². The molecule has 1 saturated carbocycles. The standard InChI is InChI=1S/C31H38N4O4/c36-27-12-11-21-18-35-16-13-23-22-9-4-5-10-25(22)34-29(23)26(35)17-24(21)28(27)30(37)32-14-6-15-33-31(38)39-19-20-7-2-1-3-8-20/h1-5,7-10,21,24,26-28,34,36H,6,11-19H2,(H,32,37)(H,33,38)/t21-,24?,26-,27-,28+/m0/s1. The summed E-state index contributed by atoms with van der Waals surface area (Å²) in [4.78, 5) is 31.6. The van der Waals surface area contributed by atoms with Gasteiger partial charge >= 0.3 is 6.09 Å². The normalized spacial score (nSPS) is 26.2. The Kier molecular flexibility index (Phi) is 7.57. The number of amides is 2. The number of aliphatic hydroxyl groups excluding tert-OH is 1. The maximum absolute atomic E-state index is 13.4. The Labute approximate surface area is 229 Å². The minimum absolute atomic E-state index is 0.0648. The second-order valence-corrected chi connectivity index (χ2v) is 11.3. The average Bonchev–Trinajstić information content (AvgIpc) is 3.34. The fourth-order valence-corrected chi connectivity index (χ4v) is 7.09. The lowest BCUT2D eigenvalue weighted by Gasteiger charge is -2.51. The molecule has 3 aromatic rings. The summed E-state index contributed by atoms with van der Waals surface area (Å²) in [6, 6.07) is 18.3. The lowest BCUT2D eigenvalue weighted by atomic mass is 9.64. The van der Waals surface area contributed by atoms with Crippen molar-refractivity contribution < 1.29 is 19.4 Å². The van der Waals surface area contributed by atoms with Gasteiger partial charge < -0.3 is 25.5 Å². The highest BCUT2D eigenvalue weighted by atomic mass is 16.5. The number of fused-ring (bicyclic) bond motifs is 6. The first-order valence-corrected chi connectivity index (χ1v) is 14.3. The molecule has 0 radical (unpaired) electrons. The molecular weight excluding hydrogens is 492 g/mol. The van der Waals surface area contributed by atoms with E-state index in [-0.39, 0.29) is 24.5 Å². The number of hydrogen-bond donors (Lipinski definition) is 4. The first-order valence-electron chi connectivity index (χ1n) is 14.3. The van der Waals surface area contributed by atoms with Crippen molar-refractivity contribution in [2.75, 3.05) is 26.2 Å². The number of piperidine rings is 1. The van der Waals surface area contributed by atoms with Gasteiger partial charge in [-0.05, 0) is 61.1 Å². The average molecular weight is 531 g/mol. The van der Waals surface area contributed by atoms with E-state index in [0.29, 0.717) is 31.8 Å². The molecule has 1 unspecified atom stereocenters. The molecule has 2 fully saturated rings. The topological polar surface area (TPSA) is 107 Å². The van der Waals surface area contributed by atoms with Gasteiger partial charge in [-0.1, -0.05) is 48.5 Å². The lowest BCUT2D eigenvalue weighted by Crippen LogP contribution is -2.55. The Balaban J connectivity index is 1.03. The third kappa shape index (κ3) is 5.40. The van der Waals surface area contributed by atoms with Crippen LogP contribution in [0.2, 0.25) is 0 Å². The van der Waals surface area contributed by atoms with E-state index in [1.807, 2.05) is 30.3 Å². The molecule has 4 N–H and O–H groups in total. The van der Waals surface area contributed by atoms with Crippen molar-refractivity contribution in [3.63, 3.8) is 0 Å². The zero-order valence-corrected chi connectivity index (χ0v) is 22.3. The van der Waals surface area contributed by atoms with Gasteiger partial charge in [-0.3, -0.25) is 9.69 Å². The number of alkyl carbamates (subject to hydrolysis) is 1. The summed E-state index contributed by atoms with van der Waals surface area (Å²) < 4.78 is 5.23. The smallest absolute Gasteiger partial charge is 0.407 e. The molecule has 5 atom stereocenters. The van der Waals surface area contributed by atoms with Gasteiger partial charge in [0.05, 0.1) is 18.1 Å². The number of carbonyl (C=O) groups is 2. The van der Waals surface area contributed by atoms with E-state index < -0.39 is 18.1 Å². The minimum Gasteiger partial charge on any atom is -0.445 e. The quantitative estimate of drug-likeness (QED) is 0.347. The van der Waals surface area contributed by atoms with Crippen LogP contribution in [0.15, 0.2) is 54.6 Å². The number of benzene rings is 2. The number of para-hydroxylation sites is 1. The van der Waals surface area contributed by atoms with E-state index in [1.165, 1.54) is 22.2 Å². The van der Waals surface area contributed by atoms with Crippen LogP contribution < -0.4 is 10.6 Å². The van der Waals surface area contributed by atoms with Crippen molar-refractivity contribution in [2.24, 2.45) is 17.8 Å². The number of hydrogen-bond acceptors (Lipinski definition) is 5. The van der Waals surface area contributed by atoms with Crippen LogP contribution in [0.3, 0.4) is 0 Å². The molecule has 1 aromatic heterocycles. The van der Waals surface area contributed by atoms with Crippen LogP contribution in [-0.4, -0.2) is 59.3 Å². The molecule has 0 spiro atoms. The Morgan fingerprint density at radius 3 is 2.69 bits per heavy atom. The fraction of sp³-hybridized carbons (Fsp3) is 0.484. The second kappa shape index (κ2) is 11.4. The molecular formula is C31H38N4O4. The maximum atomic E-state index is 13.4. The Bertz CT molecular complexity index is 1310. The van der Waals surface area contributed by atoms with Gasteiger partial charge in [0, 0.05) is 42.8 Å². The van der Waals surface area contributed by atoms with E-state index in [0.717, 1.165) is 37.9 Å². The van der Waals surface area contributed by atoms with Crippen LogP contribution in [0.4, 0.5) is 4.79 Å². The van der Waals surface area contributed by atoms with Crippen molar-refractivity contribution in [1.82, 2.24) is 20.5 Å². The molecule has 8 heteroatoms. The molecule has 1 aliphatic carbocycles. The van der Waals surface area contributed by atoms with Gasteiger partial charge in [0.1, 0.15) is 6.61 Å². The predicted octanol–water partition coefficient (Wildman–Crippen LogP) is 3.91. The predicted molar refractivity (Wildman–Crippen MR) is 149 cm³/mol. The third-order valence-corrected chi connectivity index (χ3v) is 8.99. The van der Waals surface area contributed by atoms with E-state index >= 15 is 0 Å². The van der Waals surface area contributed by atoms with Gasteiger partial charge in [0.2, 0.25) is 5.91 Å². The molecule has 2 aromatic carbocycles. The molecule has 8 nitrogen and oxygen atoms in total. The first-order chi connectivity index (χ1) is 19.1. The monoisotopic (exact) mass is 530 g/mol. The van der Waals surface area contributed by atoms with Crippen molar-refractivity contribution in [2.45, 2.75) is 50.9 Å². The summed E-state index contributed by atoms with van der Waals surface area (Å²) >= 11 is 0. The number of ether oxygens (including phenoxy) is 1. The van der Waals surface area contributed by atoms with Crippen molar-refractivity contribution in [3.8, 4) is 0 Å². The van der Waals surface area contributed by atoms with Crippen LogP contribution in [0.25, 0.3) is 10.9 Å². The van der Waals surface area contributed by atoms with E-state index in [9.17, 15) is 14.7 Å². The zero-order valence-electron chi connectivity index (χ0n) is 22.3.